The molecule has 1 amide bonds. The number of piperidine rings is 1. The zero-order chi connectivity index (χ0) is 13.8. The second-order valence-corrected chi connectivity index (χ2v) is 5.73. The van der Waals surface area contributed by atoms with E-state index < -0.39 is 0 Å². The smallest absolute Gasteiger partial charge is 0.242 e. The van der Waals surface area contributed by atoms with E-state index in [1.165, 1.54) is 4.90 Å². The van der Waals surface area contributed by atoms with Crippen LogP contribution in [0.4, 0.5) is 0 Å². The Bertz CT molecular complexity index is 467. The number of nitrogens with two attached hydrogens (primary N) is 1. The van der Waals surface area contributed by atoms with Crippen LogP contribution in [0.3, 0.4) is 0 Å². The van der Waals surface area contributed by atoms with Crippen molar-refractivity contribution in [1.82, 2.24) is 5.43 Å². The zero-order valence-electron chi connectivity index (χ0n) is 10.6. The van der Waals surface area contributed by atoms with E-state index in [4.69, 9.17) is 29.0 Å². The van der Waals surface area contributed by atoms with Crippen molar-refractivity contribution in [2.24, 2.45) is 11.8 Å². The molecule has 4 N–H and O–H groups in total. The van der Waals surface area contributed by atoms with Gasteiger partial charge in [-0.05, 0) is 18.9 Å². The van der Waals surface area contributed by atoms with Crippen LogP contribution in [0, 0.1) is 5.92 Å². The molecular weight excluding hydrogens is 285 g/mol. The molecule has 6 heteroatoms. The van der Waals surface area contributed by atoms with Gasteiger partial charge in [0.2, 0.25) is 5.91 Å². The SMILES string of the molecule is NNC(=O)[C@H]1CCC[NH+](Cc2cccc(Cl)c2Cl)C1. The van der Waals surface area contributed by atoms with E-state index in [0.717, 1.165) is 38.0 Å². The number of quaternary nitrogens is 1. The molecule has 19 heavy (non-hydrogen) atoms. The predicted molar refractivity (Wildman–Crippen MR) is 75.9 cm³/mol. The molecule has 0 saturated carbocycles. The minimum absolute atomic E-state index is 0.00768. The van der Waals surface area contributed by atoms with Crippen LogP contribution in [0.1, 0.15) is 18.4 Å². The van der Waals surface area contributed by atoms with Gasteiger partial charge in [0.15, 0.2) is 0 Å². The Morgan fingerprint density at radius 3 is 3.00 bits per heavy atom. The number of amides is 1. The fourth-order valence-electron chi connectivity index (χ4n) is 2.61. The van der Waals surface area contributed by atoms with E-state index >= 15 is 0 Å². The molecule has 0 bridgehead atoms. The molecular formula is C13H18Cl2N3O+. The number of hydrazine groups is 1. The van der Waals surface area contributed by atoms with Gasteiger partial charge < -0.3 is 4.90 Å². The van der Waals surface area contributed by atoms with E-state index in [0.29, 0.717) is 10.0 Å². The fourth-order valence-corrected chi connectivity index (χ4v) is 2.99. The Morgan fingerprint density at radius 2 is 2.26 bits per heavy atom. The van der Waals surface area contributed by atoms with Gasteiger partial charge in [-0.25, -0.2) is 5.84 Å². The molecule has 1 aliphatic rings. The highest BCUT2D eigenvalue weighted by molar-refractivity contribution is 6.42. The van der Waals surface area contributed by atoms with Crippen molar-refractivity contribution >= 4 is 29.1 Å². The maximum absolute atomic E-state index is 11.6. The number of carbonyl (C=O) groups is 1. The average Bonchev–Trinajstić information content (AvgIpc) is 2.43. The Labute approximate surface area is 122 Å². The van der Waals surface area contributed by atoms with Gasteiger partial charge in [-0.1, -0.05) is 35.3 Å². The van der Waals surface area contributed by atoms with Crippen LogP contribution in [0.5, 0.6) is 0 Å². The second-order valence-electron chi connectivity index (χ2n) is 4.94. The summed E-state index contributed by atoms with van der Waals surface area (Å²) in [6, 6.07) is 5.66. The Morgan fingerprint density at radius 1 is 1.47 bits per heavy atom. The summed E-state index contributed by atoms with van der Waals surface area (Å²) in [5, 5.41) is 1.19. The third-order valence-corrected chi connectivity index (χ3v) is 4.46. The van der Waals surface area contributed by atoms with Crippen molar-refractivity contribution in [1.29, 1.82) is 0 Å². The molecule has 0 aromatic heterocycles. The number of benzene rings is 1. The lowest BCUT2D eigenvalue weighted by Gasteiger charge is -2.29. The van der Waals surface area contributed by atoms with Crippen LogP contribution < -0.4 is 16.2 Å². The lowest BCUT2D eigenvalue weighted by Crippen LogP contribution is -3.12. The highest BCUT2D eigenvalue weighted by Crippen LogP contribution is 2.25. The first-order chi connectivity index (χ1) is 9.11. The largest absolute Gasteiger partial charge is 0.330 e. The fraction of sp³-hybridized carbons (Fsp3) is 0.462. The van der Waals surface area contributed by atoms with Gasteiger partial charge >= 0.3 is 0 Å². The summed E-state index contributed by atoms with van der Waals surface area (Å²) in [6.45, 7) is 2.61. The minimum atomic E-state index is -0.0746. The predicted octanol–water partition coefficient (Wildman–Crippen LogP) is 0.778. The van der Waals surface area contributed by atoms with E-state index in [1.807, 2.05) is 12.1 Å². The standard InChI is InChI=1S/C13H17Cl2N3O/c14-11-5-1-3-9(12(11)15)7-18-6-2-4-10(8-18)13(19)17-16/h1,3,5,10H,2,4,6-8,16H2,(H,17,19)/p+1/t10-/m0/s1. The normalized spacial score (nSPS) is 23.1. The molecule has 1 aromatic rings. The van der Waals surface area contributed by atoms with Gasteiger partial charge in [0.05, 0.1) is 29.1 Å². The van der Waals surface area contributed by atoms with E-state index in [9.17, 15) is 4.79 Å². The molecule has 1 heterocycles. The van der Waals surface area contributed by atoms with E-state index in [1.54, 1.807) is 6.07 Å². The second kappa shape index (κ2) is 6.57. The minimum Gasteiger partial charge on any atom is -0.330 e. The lowest BCUT2D eigenvalue weighted by molar-refractivity contribution is -0.921. The summed E-state index contributed by atoms with van der Waals surface area (Å²) in [7, 11) is 0. The van der Waals surface area contributed by atoms with Crippen LogP contribution in [0.25, 0.3) is 0 Å². The van der Waals surface area contributed by atoms with Crippen LogP contribution in [0.15, 0.2) is 18.2 Å². The number of hydrogen-bond donors (Lipinski definition) is 3. The number of hydrogen-bond acceptors (Lipinski definition) is 2. The zero-order valence-corrected chi connectivity index (χ0v) is 12.1. The van der Waals surface area contributed by atoms with Crippen molar-refractivity contribution < 1.29 is 9.69 Å². The summed E-state index contributed by atoms with van der Waals surface area (Å²) in [6.07, 6.45) is 1.92. The number of likely N-dealkylation sites (tertiary alicyclic amines) is 1. The van der Waals surface area contributed by atoms with Crippen molar-refractivity contribution in [2.45, 2.75) is 19.4 Å². The molecule has 1 saturated heterocycles. The molecule has 104 valence electrons. The summed E-state index contributed by atoms with van der Waals surface area (Å²) in [4.78, 5) is 12.9. The van der Waals surface area contributed by atoms with Crippen molar-refractivity contribution in [3.63, 3.8) is 0 Å². The number of carbonyl (C=O) groups excluding carboxylic acids is 1. The highest BCUT2D eigenvalue weighted by Gasteiger charge is 2.28. The molecule has 2 rings (SSSR count). The van der Waals surface area contributed by atoms with Gasteiger partial charge in [-0.3, -0.25) is 10.2 Å². The average molecular weight is 303 g/mol. The third-order valence-electron chi connectivity index (χ3n) is 3.60. The Kier molecular flexibility index (Phi) is 5.05. The lowest BCUT2D eigenvalue weighted by atomic mass is 9.97. The third kappa shape index (κ3) is 3.60. The Balaban J connectivity index is 2.03. The maximum Gasteiger partial charge on any atom is 0.242 e. The Hall–Kier alpha value is -0.810. The van der Waals surface area contributed by atoms with E-state index in [2.05, 4.69) is 5.43 Å². The van der Waals surface area contributed by atoms with Crippen LogP contribution >= 0.6 is 23.2 Å². The van der Waals surface area contributed by atoms with Gasteiger partial charge in [0.25, 0.3) is 0 Å². The van der Waals surface area contributed by atoms with Gasteiger partial charge in [-0.15, -0.1) is 0 Å². The molecule has 2 atom stereocenters. The molecule has 1 fully saturated rings. The summed E-state index contributed by atoms with van der Waals surface area (Å²) in [5.41, 5.74) is 3.27. The van der Waals surface area contributed by atoms with Gasteiger partial charge in [0.1, 0.15) is 6.54 Å². The van der Waals surface area contributed by atoms with Gasteiger partial charge in [-0.2, -0.15) is 0 Å². The van der Waals surface area contributed by atoms with E-state index in [-0.39, 0.29) is 11.8 Å². The first-order valence-corrected chi connectivity index (χ1v) is 7.14. The molecule has 0 radical (unpaired) electrons. The molecule has 0 aliphatic carbocycles. The first kappa shape index (κ1) is 14.6. The number of nitrogens with one attached hydrogen (secondary N) is 2. The summed E-state index contributed by atoms with van der Waals surface area (Å²) < 4.78 is 0. The monoisotopic (exact) mass is 302 g/mol. The van der Waals surface area contributed by atoms with Crippen LogP contribution in [-0.4, -0.2) is 19.0 Å². The molecule has 1 aromatic carbocycles. The van der Waals surface area contributed by atoms with Crippen LogP contribution in [-0.2, 0) is 11.3 Å². The molecule has 4 nitrogen and oxygen atoms in total. The quantitative estimate of drug-likeness (QED) is 0.439. The number of rotatable bonds is 3. The molecule has 0 spiro atoms. The summed E-state index contributed by atoms with van der Waals surface area (Å²) >= 11 is 12.2. The molecule has 1 aliphatic heterocycles. The van der Waals surface area contributed by atoms with Gasteiger partial charge in [0, 0.05) is 5.56 Å². The van der Waals surface area contributed by atoms with Crippen molar-refractivity contribution in [3.05, 3.63) is 33.8 Å². The summed E-state index contributed by atoms with van der Waals surface area (Å²) in [5.74, 6) is 5.12. The van der Waals surface area contributed by atoms with Crippen molar-refractivity contribution in [3.8, 4) is 0 Å². The molecule has 1 unspecified atom stereocenters. The topological polar surface area (TPSA) is 59.6 Å². The van der Waals surface area contributed by atoms with Crippen molar-refractivity contribution in [2.75, 3.05) is 13.1 Å². The first-order valence-electron chi connectivity index (χ1n) is 6.38. The highest BCUT2D eigenvalue weighted by atomic mass is 35.5. The van der Waals surface area contributed by atoms with Crippen LogP contribution in [0.2, 0.25) is 10.0 Å². The number of halogens is 2. The maximum atomic E-state index is 11.6.